The summed E-state index contributed by atoms with van der Waals surface area (Å²) >= 11 is 3.49. The number of allylic oxidation sites excluding steroid dienone is 1. The Balaban J connectivity index is 2.47. The highest BCUT2D eigenvalue weighted by molar-refractivity contribution is 9.10. The molecule has 0 amide bonds. The van der Waals surface area contributed by atoms with E-state index in [-0.39, 0.29) is 5.76 Å². The first-order chi connectivity index (χ1) is 9.78. The van der Waals surface area contributed by atoms with Gasteiger partial charge in [-0.1, -0.05) is 15.9 Å². The molecule has 0 saturated carbocycles. The molecule has 1 saturated heterocycles. The third-order valence-electron chi connectivity index (χ3n) is 4.20. The highest BCUT2D eigenvalue weighted by Gasteiger charge is 2.40. The smallest absolute Gasteiger partial charge is 0.148 e. The van der Waals surface area contributed by atoms with Gasteiger partial charge >= 0.3 is 0 Å². The summed E-state index contributed by atoms with van der Waals surface area (Å²) in [6.07, 6.45) is 1.69. The first-order valence-corrected chi connectivity index (χ1v) is 7.88. The maximum atomic E-state index is 10.9. The van der Waals surface area contributed by atoms with Crippen LogP contribution in [0.4, 0.5) is 0 Å². The van der Waals surface area contributed by atoms with Crippen LogP contribution in [0.2, 0.25) is 0 Å². The molecule has 1 aliphatic rings. The number of aliphatic hydroxyl groups excluding tert-OH is 1. The summed E-state index contributed by atoms with van der Waals surface area (Å²) in [7, 11) is 0. The Morgan fingerprint density at radius 3 is 2.48 bits per heavy atom. The van der Waals surface area contributed by atoms with Crippen molar-refractivity contribution in [2.24, 2.45) is 0 Å². The first kappa shape index (κ1) is 16.2. The van der Waals surface area contributed by atoms with E-state index >= 15 is 0 Å². The van der Waals surface area contributed by atoms with Gasteiger partial charge in [0.05, 0.1) is 0 Å². The van der Waals surface area contributed by atoms with E-state index in [9.17, 15) is 9.90 Å². The van der Waals surface area contributed by atoms with Crippen molar-refractivity contribution in [3.05, 3.63) is 39.1 Å². The van der Waals surface area contributed by atoms with Gasteiger partial charge in [-0.15, -0.1) is 0 Å². The number of hydrogen-bond acceptors (Lipinski definition) is 3. The normalized spacial score (nSPS) is 26.6. The molecule has 3 nitrogen and oxygen atoms in total. The summed E-state index contributed by atoms with van der Waals surface area (Å²) in [5, 5.41) is 10.7. The maximum Gasteiger partial charge on any atom is 0.148 e. The van der Waals surface area contributed by atoms with Crippen molar-refractivity contribution >= 4 is 27.8 Å². The van der Waals surface area contributed by atoms with Crippen LogP contribution in [0.25, 0.3) is 5.57 Å². The number of aliphatic hydroxyl groups is 1. The van der Waals surface area contributed by atoms with Gasteiger partial charge in [-0.05, 0) is 74.9 Å². The maximum absolute atomic E-state index is 10.9. The van der Waals surface area contributed by atoms with Gasteiger partial charge < -0.3 is 14.6 Å². The van der Waals surface area contributed by atoms with Crippen molar-refractivity contribution in [2.45, 2.75) is 52.2 Å². The molecule has 4 heteroatoms. The first-order valence-electron chi connectivity index (χ1n) is 7.09. The highest BCUT2D eigenvalue weighted by Crippen LogP contribution is 2.39. The molecular formula is C17H21BrO3. The lowest BCUT2D eigenvalue weighted by Crippen LogP contribution is -2.29. The topological polar surface area (TPSA) is 46.5 Å². The molecule has 1 aliphatic heterocycles. The number of ether oxygens (including phenoxy) is 1. The number of halogens is 1. The zero-order valence-corrected chi connectivity index (χ0v) is 14.5. The molecule has 0 bridgehead atoms. The zero-order chi connectivity index (χ0) is 15.8. The Bertz CT molecular complexity index is 583. The molecule has 1 fully saturated rings. The highest BCUT2D eigenvalue weighted by atomic mass is 79.9. The molecule has 2 rings (SSSR count). The Morgan fingerprint density at radius 1 is 1.43 bits per heavy atom. The van der Waals surface area contributed by atoms with Crippen molar-refractivity contribution in [3.63, 3.8) is 0 Å². The number of hydrogen-bond donors (Lipinski definition) is 1. The van der Waals surface area contributed by atoms with Gasteiger partial charge in [0.1, 0.15) is 23.8 Å². The molecule has 1 N–H and O–H groups in total. The largest absolute Gasteiger partial charge is 0.509 e. The quantitative estimate of drug-likeness (QED) is 0.643. The van der Waals surface area contributed by atoms with Crippen LogP contribution < -0.4 is 0 Å². The van der Waals surface area contributed by atoms with Crippen molar-refractivity contribution < 1.29 is 14.6 Å². The van der Waals surface area contributed by atoms with E-state index in [0.29, 0.717) is 12.8 Å². The van der Waals surface area contributed by atoms with Crippen LogP contribution in [0.5, 0.6) is 0 Å². The van der Waals surface area contributed by atoms with Crippen LogP contribution in [-0.4, -0.2) is 23.1 Å². The van der Waals surface area contributed by atoms with E-state index in [2.05, 4.69) is 15.9 Å². The molecule has 1 aromatic carbocycles. The number of aryl methyl sites for hydroxylation is 2. The minimum Gasteiger partial charge on any atom is -0.509 e. The van der Waals surface area contributed by atoms with Crippen molar-refractivity contribution in [1.82, 2.24) is 0 Å². The number of aldehydes is 1. The standard InChI is InChI=1S/C17H21BrO3/c1-10-7-13(18)8-11(2)15(10)12(3)16(20)17(4)6-5-14(9-19)21-17/h7-9,14,20H,5-6H2,1-4H3/b16-12-/t14-,17+/m0/s1. The van der Waals surface area contributed by atoms with Crippen molar-refractivity contribution in [2.75, 3.05) is 0 Å². The lowest BCUT2D eigenvalue weighted by atomic mass is 9.90. The number of carbonyl (C=O) groups is 1. The number of carbonyl (C=O) groups excluding carboxylic acids is 1. The van der Waals surface area contributed by atoms with E-state index < -0.39 is 11.7 Å². The number of benzene rings is 1. The summed E-state index contributed by atoms with van der Waals surface area (Å²) in [5.74, 6) is 0.223. The van der Waals surface area contributed by atoms with Crippen LogP contribution in [0.3, 0.4) is 0 Å². The van der Waals surface area contributed by atoms with Gasteiger partial charge in [-0.2, -0.15) is 0 Å². The van der Waals surface area contributed by atoms with Crippen molar-refractivity contribution in [3.8, 4) is 0 Å². The second-order valence-corrected chi connectivity index (χ2v) is 6.87. The molecular weight excluding hydrogens is 332 g/mol. The van der Waals surface area contributed by atoms with Gasteiger partial charge in [0.2, 0.25) is 0 Å². The average Bonchev–Trinajstić information content (AvgIpc) is 2.79. The van der Waals surface area contributed by atoms with E-state index in [1.54, 1.807) is 0 Å². The second kappa shape index (κ2) is 5.93. The van der Waals surface area contributed by atoms with Gasteiger partial charge in [0, 0.05) is 4.47 Å². The number of rotatable bonds is 3. The van der Waals surface area contributed by atoms with Gasteiger partial charge in [-0.3, -0.25) is 0 Å². The molecule has 2 atom stereocenters. The van der Waals surface area contributed by atoms with Crippen LogP contribution in [0.1, 0.15) is 43.4 Å². The van der Waals surface area contributed by atoms with Gasteiger partial charge in [0.25, 0.3) is 0 Å². The summed E-state index contributed by atoms with van der Waals surface area (Å²) in [6, 6.07) is 4.07. The predicted octanol–water partition coefficient (Wildman–Crippen LogP) is 4.49. The summed E-state index contributed by atoms with van der Waals surface area (Å²) in [5.41, 5.74) is 3.27. The minimum atomic E-state index is -0.776. The molecule has 114 valence electrons. The van der Waals surface area contributed by atoms with Gasteiger partial charge in [-0.25, -0.2) is 0 Å². The van der Waals surface area contributed by atoms with Crippen molar-refractivity contribution in [1.29, 1.82) is 0 Å². The molecule has 0 aromatic heterocycles. The summed E-state index contributed by atoms with van der Waals surface area (Å²) in [6.45, 7) is 7.80. The molecule has 0 radical (unpaired) electrons. The van der Waals surface area contributed by atoms with E-state index in [1.165, 1.54) is 0 Å². The summed E-state index contributed by atoms with van der Waals surface area (Å²) < 4.78 is 6.75. The monoisotopic (exact) mass is 352 g/mol. The molecule has 1 aromatic rings. The molecule has 0 spiro atoms. The molecule has 0 unspecified atom stereocenters. The average molecular weight is 353 g/mol. The van der Waals surface area contributed by atoms with E-state index in [4.69, 9.17) is 4.74 Å². The molecule has 1 heterocycles. The van der Waals surface area contributed by atoms with Crippen LogP contribution >= 0.6 is 15.9 Å². The Hall–Kier alpha value is -1.13. The fourth-order valence-electron chi connectivity index (χ4n) is 3.16. The van der Waals surface area contributed by atoms with Crippen LogP contribution in [0.15, 0.2) is 22.4 Å². The van der Waals surface area contributed by atoms with Gasteiger partial charge in [0.15, 0.2) is 0 Å². The zero-order valence-electron chi connectivity index (χ0n) is 12.9. The lowest BCUT2D eigenvalue weighted by Gasteiger charge is -2.26. The predicted molar refractivity (Wildman–Crippen MR) is 87.4 cm³/mol. The lowest BCUT2D eigenvalue weighted by molar-refractivity contribution is -0.120. The third kappa shape index (κ3) is 3.06. The summed E-state index contributed by atoms with van der Waals surface area (Å²) in [4.78, 5) is 10.9. The third-order valence-corrected chi connectivity index (χ3v) is 4.66. The minimum absolute atomic E-state index is 0.223. The Kier molecular flexibility index (Phi) is 4.59. The molecule has 0 aliphatic carbocycles. The molecule has 21 heavy (non-hydrogen) atoms. The Labute approximate surface area is 134 Å². The van der Waals surface area contributed by atoms with E-state index in [0.717, 1.165) is 33.0 Å². The van der Waals surface area contributed by atoms with Crippen LogP contribution in [-0.2, 0) is 9.53 Å². The SMILES string of the molecule is C/C(=C(/O)[C@@]1(C)CC[C@@H](C=O)O1)c1c(C)cc(Br)cc1C. The fraction of sp³-hybridized carbons (Fsp3) is 0.471. The Morgan fingerprint density at radius 2 is 2.00 bits per heavy atom. The fourth-order valence-corrected chi connectivity index (χ4v) is 3.84. The van der Waals surface area contributed by atoms with E-state index in [1.807, 2.05) is 39.8 Å². The van der Waals surface area contributed by atoms with Crippen LogP contribution in [0, 0.1) is 13.8 Å². The second-order valence-electron chi connectivity index (χ2n) is 5.95.